The lowest BCUT2D eigenvalue weighted by Gasteiger charge is -2.09. The number of rotatable bonds is 6. The molecule has 0 saturated carbocycles. The summed E-state index contributed by atoms with van der Waals surface area (Å²) < 4.78 is 6.99. The van der Waals surface area contributed by atoms with Crippen molar-refractivity contribution in [1.29, 1.82) is 0 Å². The Morgan fingerprint density at radius 2 is 2.26 bits per heavy atom. The summed E-state index contributed by atoms with van der Waals surface area (Å²) in [5.74, 6) is 0.627. The first kappa shape index (κ1) is 13.8. The summed E-state index contributed by atoms with van der Waals surface area (Å²) in [6.07, 6.45) is 2.85. The number of hydrogen-bond acceptors (Lipinski definition) is 4. The van der Waals surface area contributed by atoms with E-state index in [-0.39, 0.29) is 0 Å². The van der Waals surface area contributed by atoms with Gasteiger partial charge in [0.25, 0.3) is 0 Å². The van der Waals surface area contributed by atoms with Crippen LogP contribution in [0.1, 0.15) is 19.0 Å². The van der Waals surface area contributed by atoms with Crippen LogP contribution in [-0.4, -0.2) is 28.6 Å². The summed E-state index contributed by atoms with van der Waals surface area (Å²) in [7, 11) is 1.59. The third-order valence-electron chi connectivity index (χ3n) is 2.73. The lowest BCUT2D eigenvalue weighted by Crippen LogP contribution is -2.16. The van der Waals surface area contributed by atoms with E-state index in [2.05, 4.69) is 22.6 Å². The summed E-state index contributed by atoms with van der Waals surface area (Å²) in [5, 5.41) is 12.0. The molecule has 1 heterocycles. The van der Waals surface area contributed by atoms with Crippen LogP contribution in [0.5, 0.6) is 5.75 Å². The second-order valence-corrected chi connectivity index (χ2v) is 4.54. The van der Waals surface area contributed by atoms with E-state index in [0.717, 1.165) is 30.9 Å². The maximum atomic E-state index is 6.02. The van der Waals surface area contributed by atoms with Crippen molar-refractivity contribution in [3.8, 4) is 11.4 Å². The second kappa shape index (κ2) is 6.54. The van der Waals surface area contributed by atoms with Gasteiger partial charge < -0.3 is 10.1 Å². The Morgan fingerprint density at radius 3 is 3.00 bits per heavy atom. The number of ether oxygens (including phenoxy) is 1. The minimum Gasteiger partial charge on any atom is -0.495 e. The van der Waals surface area contributed by atoms with E-state index >= 15 is 0 Å². The zero-order chi connectivity index (χ0) is 13.7. The highest BCUT2D eigenvalue weighted by atomic mass is 35.5. The number of halogens is 1. The number of hydrogen-bond donors (Lipinski definition) is 1. The van der Waals surface area contributed by atoms with Gasteiger partial charge in [0.1, 0.15) is 5.75 Å². The Morgan fingerprint density at radius 1 is 1.42 bits per heavy atom. The molecule has 102 valence electrons. The molecule has 0 aliphatic rings. The summed E-state index contributed by atoms with van der Waals surface area (Å²) in [6.45, 7) is 3.83. The van der Waals surface area contributed by atoms with Crippen molar-refractivity contribution >= 4 is 11.6 Å². The third kappa shape index (κ3) is 3.24. The zero-order valence-electron chi connectivity index (χ0n) is 11.1. The molecule has 0 radical (unpaired) electrons. The van der Waals surface area contributed by atoms with Crippen molar-refractivity contribution in [3.63, 3.8) is 0 Å². The number of nitrogens with zero attached hydrogens (tertiary/aromatic N) is 3. The first-order chi connectivity index (χ1) is 9.26. The number of aromatic nitrogens is 3. The van der Waals surface area contributed by atoms with Crippen LogP contribution in [0.2, 0.25) is 5.02 Å². The quantitative estimate of drug-likeness (QED) is 0.826. The average molecular weight is 281 g/mol. The van der Waals surface area contributed by atoms with Crippen molar-refractivity contribution in [3.05, 3.63) is 35.1 Å². The Hall–Kier alpha value is -1.59. The fourth-order valence-corrected chi connectivity index (χ4v) is 1.96. The first-order valence-electron chi connectivity index (χ1n) is 6.20. The van der Waals surface area contributed by atoms with Crippen LogP contribution in [0.4, 0.5) is 0 Å². The molecule has 0 fully saturated rings. The lowest BCUT2D eigenvalue weighted by atomic mass is 10.3. The first-order valence-corrected chi connectivity index (χ1v) is 6.58. The van der Waals surface area contributed by atoms with Gasteiger partial charge in [-0.05, 0) is 25.1 Å². The molecule has 2 rings (SSSR count). The minimum atomic E-state index is 0.581. The lowest BCUT2D eigenvalue weighted by molar-refractivity contribution is 0.414. The van der Waals surface area contributed by atoms with E-state index in [9.17, 15) is 0 Å². The maximum Gasteiger partial charge on any atom is 0.139 e. The zero-order valence-corrected chi connectivity index (χ0v) is 11.8. The van der Waals surface area contributed by atoms with Crippen molar-refractivity contribution < 1.29 is 4.74 Å². The fourth-order valence-electron chi connectivity index (χ4n) is 1.77. The third-order valence-corrected chi connectivity index (χ3v) is 3.04. The highest BCUT2D eigenvalue weighted by Gasteiger charge is 2.08. The highest BCUT2D eigenvalue weighted by molar-refractivity contribution is 6.32. The van der Waals surface area contributed by atoms with Crippen LogP contribution >= 0.6 is 11.6 Å². The Balaban J connectivity index is 2.24. The van der Waals surface area contributed by atoms with Gasteiger partial charge in [0.2, 0.25) is 0 Å². The Kier molecular flexibility index (Phi) is 4.76. The molecule has 19 heavy (non-hydrogen) atoms. The van der Waals surface area contributed by atoms with E-state index in [1.54, 1.807) is 24.1 Å². The van der Waals surface area contributed by atoms with Crippen LogP contribution in [-0.2, 0) is 6.54 Å². The van der Waals surface area contributed by atoms with E-state index in [0.29, 0.717) is 10.8 Å². The minimum absolute atomic E-state index is 0.581. The number of nitrogens with one attached hydrogen (secondary N) is 1. The second-order valence-electron chi connectivity index (χ2n) is 4.13. The molecule has 0 amide bonds. The van der Waals surface area contributed by atoms with Gasteiger partial charge in [0.05, 0.1) is 29.7 Å². The van der Waals surface area contributed by atoms with Crippen LogP contribution in [0.15, 0.2) is 24.4 Å². The molecule has 2 aromatic rings. The number of methoxy groups -OCH3 is 1. The normalized spacial score (nSPS) is 10.7. The molecular formula is C13H17ClN4O. The standard InChI is InChI=1S/C13H17ClN4O/c1-3-6-15-8-11-9-16-17-18(11)10-4-5-12(14)13(7-10)19-2/h4-5,7,9,15H,3,6,8H2,1-2H3. The van der Waals surface area contributed by atoms with E-state index in [4.69, 9.17) is 16.3 Å². The molecular weight excluding hydrogens is 264 g/mol. The van der Waals surface area contributed by atoms with Gasteiger partial charge in [-0.15, -0.1) is 5.10 Å². The van der Waals surface area contributed by atoms with Crippen molar-refractivity contribution in [2.45, 2.75) is 19.9 Å². The number of benzene rings is 1. The largest absolute Gasteiger partial charge is 0.495 e. The molecule has 5 nitrogen and oxygen atoms in total. The molecule has 1 N–H and O–H groups in total. The van der Waals surface area contributed by atoms with Gasteiger partial charge in [-0.25, -0.2) is 4.68 Å². The van der Waals surface area contributed by atoms with Crippen molar-refractivity contribution in [2.24, 2.45) is 0 Å². The molecule has 0 bridgehead atoms. The molecule has 0 spiro atoms. The van der Waals surface area contributed by atoms with Crippen LogP contribution < -0.4 is 10.1 Å². The van der Waals surface area contributed by atoms with E-state index in [1.165, 1.54) is 0 Å². The fraction of sp³-hybridized carbons (Fsp3) is 0.385. The van der Waals surface area contributed by atoms with Gasteiger partial charge in [0, 0.05) is 12.6 Å². The Bertz CT molecular complexity index is 541. The maximum absolute atomic E-state index is 6.02. The van der Waals surface area contributed by atoms with Gasteiger partial charge in [0.15, 0.2) is 0 Å². The Labute approximate surface area is 117 Å². The summed E-state index contributed by atoms with van der Waals surface area (Å²) in [5.41, 5.74) is 1.88. The summed E-state index contributed by atoms with van der Waals surface area (Å²) in [6, 6.07) is 5.53. The van der Waals surface area contributed by atoms with E-state index in [1.807, 2.05) is 12.1 Å². The molecule has 1 aromatic heterocycles. The topological polar surface area (TPSA) is 52.0 Å². The highest BCUT2D eigenvalue weighted by Crippen LogP contribution is 2.26. The van der Waals surface area contributed by atoms with Gasteiger partial charge in [-0.3, -0.25) is 0 Å². The molecule has 1 aromatic carbocycles. The monoisotopic (exact) mass is 280 g/mol. The SMILES string of the molecule is CCCNCc1cnnn1-c1ccc(Cl)c(OC)c1. The van der Waals surface area contributed by atoms with Gasteiger partial charge in [-0.1, -0.05) is 23.7 Å². The predicted molar refractivity (Wildman–Crippen MR) is 74.9 cm³/mol. The van der Waals surface area contributed by atoms with Gasteiger partial charge in [-0.2, -0.15) is 0 Å². The van der Waals surface area contributed by atoms with Gasteiger partial charge >= 0.3 is 0 Å². The molecule has 0 aliphatic heterocycles. The summed E-state index contributed by atoms with van der Waals surface area (Å²) >= 11 is 6.02. The van der Waals surface area contributed by atoms with Crippen molar-refractivity contribution in [1.82, 2.24) is 20.3 Å². The van der Waals surface area contributed by atoms with Crippen molar-refractivity contribution in [2.75, 3.05) is 13.7 Å². The molecule has 0 unspecified atom stereocenters. The van der Waals surface area contributed by atoms with Crippen LogP contribution in [0.3, 0.4) is 0 Å². The predicted octanol–water partition coefficient (Wildman–Crippen LogP) is 2.43. The van der Waals surface area contributed by atoms with E-state index < -0.39 is 0 Å². The molecule has 0 atom stereocenters. The smallest absolute Gasteiger partial charge is 0.139 e. The molecule has 6 heteroatoms. The van der Waals surface area contributed by atoms with Crippen LogP contribution in [0, 0.1) is 0 Å². The van der Waals surface area contributed by atoms with Crippen LogP contribution in [0.25, 0.3) is 5.69 Å². The summed E-state index contributed by atoms with van der Waals surface area (Å²) in [4.78, 5) is 0. The molecule has 0 aliphatic carbocycles. The molecule has 0 saturated heterocycles. The average Bonchev–Trinajstić information content (AvgIpc) is 2.88.